The van der Waals surface area contributed by atoms with Crippen LogP contribution in [0.2, 0.25) is 5.02 Å². The van der Waals surface area contributed by atoms with Crippen LogP contribution in [0.5, 0.6) is 0 Å². The highest BCUT2D eigenvalue weighted by Gasteiger charge is 2.24. The molecule has 1 N–H and O–H groups in total. The largest absolute Gasteiger partial charge is 0.481 e. The quantitative estimate of drug-likeness (QED) is 0.846. The third kappa shape index (κ3) is 4.61. The van der Waals surface area contributed by atoms with Gasteiger partial charge in [0.25, 0.3) is 5.91 Å². The number of piperidine rings is 1. The molecule has 2 aromatic rings. The summed E-state index contributed by atoms with van der Waals surface area (Å²) in [5.41, 5.74) is 2.58. The SMILES string of the molecule is CN(Cc1cccc(N2CCC(C(=O)O)CC2)c1)C(=O)c1ccccc1Cl. The van der Waals surface area contributed by atoms with E-state index in [1.54, 1.807) is 36.2 Å². The van der Waals surface area contributed by atoms with Gasteiger partial charge in [0.05, 0.1) is 16.5 Å². The van der Waals surface area contributed by atoms with Crippen LogP contribution in [0.15, 0.2) is 48.5 Å². The van der Waals surface area contributed by atoms with E-state index < -0.39 is 5.97 Å². The molecule has 5 nitrogen and oxygen atoms in total. The van der Waals surface area contributed by atoms with Gasteiger partial charge >= 0.3 is 5.97 Å². The smallest absolute Gasteiger partial charge is 0.306 e. The lowest BCUT2D eigenvalue weighted by Gasteiger charge is -2.32. The van der Waals surface area contributed by atoms with Gasteiger partial charge in [0.15, 0.2) is 0 Å². The minimum Gasteiger partial charge on any atom is -0.481 e. The van der Waals surface area contributed by atoms with Crippen LogP contribution in [-0.4, -0.2) is 42.0 Å². The van der Waals surface area contributed by atoms with Crippen molar-refractivity contribution < 1.29 is 14.7 Å². The summed E-state index contributed by atoms with van der Waals surface area (Å²) in [7, 11) is 1.76. The molecule has 0 atom stereocenters. The third-order valence-corrected chi connectivity index (χ3v) is 5.32. The normalized spacial score (nSPS) is 14.8. The number of anilines is 1. The van der Waals surface area contributed by atoms with Crippen molar-refractivity contribution in [3.05, 3.63) is 64.7 Å². The summed E-state index contributed by atoms with van der Waals surface area (Å²) in [6, 6.07) is 15.1. The minimum atomic E-state index is -0.705. The highest BCUT2D eigenvalue weighted by atomic mass is 35.5. The van der Waals surface area contributed by atoms with Crippen LogP contribution < -0.4 is 4.90 Å². The van der Waals surface area contributed by atoms with E-state index in [0.29, 0.717) is 30.0 Å². The van der Waals surface area contributed by atoms with E-state index in [0.717, 1.165) is 24.3 Å². The van der Waals surface area contributed by atoms with Gasteiger partial charge in [0, 0.05) is 32.4 Å². The standard InChI is InChI=1S/C21H23ClN2O3/c1-23(20(25)18-7-2-3-8-19(18)22)14-15-5-4-6-17(13-15)24-11-9-16(10-12-24)21(26)27/h2-8,13,16H,9-12,14H2,1H3,(H,26,27). The molecule has 1 fully saturated rings. The van der Waals surface area contributed by atoms with Gasteiger partial charge in [-0.15, -0.1) is 0 Å². The summed E-state index contributed by atoms with van der Waals surface area (Å²) in [6.07, 6.45) is 1.31. The second-order valence-corrected chi connectivity index (χ2v) is 7.32. The maximum atomic E-state index is 12.6. The fraction of sp³-hybridized carbons (Fsp3) is 0.333. The maximum Gasteiger partial charge on any atom is 0.306 e. The first kappa shape index (κ1) is 19.2. The zero-order valence-corrected chi connectivity index (χ0v) is 16.0. The van der Waals surface area contributed by atoms with Gasteiger partial charge in [-0.25, -0.2) is 0 Å². The van der Waals surface area contributed by atoms with E-state index in [4.69, 9.17) is 16.7 Å². The van der Waals surface area contributed by atoms with E-state index >= 15 is 0 Å². The Morgan fingerprint density at radius 3 is 2.52 bits per heavy atom. The molecule has 6 heteroatoms. The number of carboxylic acids is 1. The number of aliphatic carboxylic acids is 1. The number of benzene rings is 2. The number of carbonyl (C=O) groups excluding carboxylic acids is 1. The van der Waals surface area contributed by atoms with Crippen LogP contribution >= 0.6 is 11.6 Å². The molecule has 0 spiro atoms. The molecule has 142 valence electrons. The highest BCUT2D eigenvalue weighted by Crippen LogP contribution is 2.25. The number of hydrogen-bond donors (Lipinski definition) is 1. The van der Waals surface area contributed by atoms with Crippen molar-refractivity contribution in [2.24, 2.45) is 5.92 Å². The van der Waals surface area contributed by atoms with Gasteiger partial charge in [-0.05, 0) is 42.7 Å². The van der Waals surface area contributed by atoms with E-state index in [2.05, 4.69) is 11.0 Å². The van der Waals surface area contributed by atoms with Crippen LogP contribution in [0.1, 0.15) is 28.8 Å². The Bertz CT molecular complexity index is 832. The van der Waals surface area contributed by atoms with E-state index in [1.165, 1.54) is 0 Å². The predicted molar refractivity (Wildman–Crippen MR) is 106 cm³/mol. The molecule has 1 amide bonds. The number of amides is 1. The zero-order valence-electron chi connectivity index (χ0n) is 15.3. The predicted octanol–water partition coefficient (Wildman–Crippen LogP) is 3.91. The summed E-state index contributed by atoms with van der Waals surface area (Å²) in [6.45, 7) is 1.94. The number of halogens is 1. The van der Waals surface area contributed by atoms with Crippen LogP contribution in [-0.2, 0) is 11.3 Å². The van der Waals surface area contributed by atoms with Crippen molar-refractivity contribution in [3.8, 4) is 0 Å². The molecule has 27 heavy (non-hydrogen) atoms. The Morgan fingerprint density at radius 2 is 1.85 bits per heavy atom. The molecule has 0 bridgehead atoms. The molecule has 0 unspecified atom stereocenters. The molecule has 2 aromatic carbocycles. The molecule has 3 rings (SSSR count). The Morgan fingerprint density at radius 1 is 1.15 bits per heavy atom. The monoisotopic (exact) mass is 386 g/mol. The van der Waals surface area contributed by atoms with Crippen LogP contribution in [0.3, 0.4) is 0 Å². The first-order valence-corrected chi connectivity index (χ1v) is 9.40. The number of hydrogen-bond acceptors (Lipinski definition) is 3. The van der Waals surface area contributed by atoms with Crippen LogP contribution in [0, 0.1) is 5.92 Å². The number of rotatable bonds is 5. The van der Waals surface area contributed by atoms with E-state index in [9.17, 15) is 9.59 Å². The van der Waals surface area contributed by atoms with Crippen LogP contribution in [0.4, 0.5) is 5.69 Å². The fourth-order valence-corrected chi connectivity index (χ4v) is 3.64. The first-order valence-electron chi connectivity index (χ1n) is 9.02. The molecule has 0 aromatic heterocycles. The van der Waals surface area contributed by atoms with Crippen molar-refractivity contribution in [2.45, 2.75) is 19.4 Å². The maximum absolute atomic E-state index is 12.6. The van der Waals surface area contributed by atoms with Crippen molar-refractivity contribution in [3.63, 3.8) is 0 Å². The second-order valence-electron chi connectivity index (χ2n) is 6.91. The summed E-state index contributed by atoms with van der Waals surface area (Å²) in [5.74, 6) is -1.07. The van der Waals surface area contributed by atoms with E-state index in [-0.39, 0.29) is 11.8 Å². The van der Waals surface area contributed by atoms with Crippen molar-refractivity contribution in [2.75, 3.05) is 25.0 Å². The van der Waals surface area contributed by atoms with Gasteiger partial charge in [-0.2, -0.15) is 0 Å². The van der Waals surface area contributed by atoms with Gasteiger partial charge in [-0.1, -0.05) is 35.9 Å². The molecule has 1 aliphatic rings. The fourth-order valence-electron chi connectivity index (χ4n) is 3.42. The second kappa shape index (κ2) is 8.44. The lowest BCUT2D eigenvalue weighted by molar-refractivity contribution is -0.142. The zero-order chi connectivity index (χ0) is 19.4. The van der Waals surface area contributed by atoms with E-state index in [1.807, 2.05) is 18.2 Å². The molecule has 0 radical (unpaired) electrons. The molecule has 1 aliphatic heterocycles. The summed E-state index contributed by atoms with van der Waals surface area (Å²) in [5, 5.41) is 9.59. The van der Waals surface area contributed by atoms with Gasteiger partial charge in [0.1, 0.15) is 0 Å². The lowest BCUT2D eigenvalue weighted by Crippen LogP contribution is -2.36. The molecule has 1 saturated heterocycles. The Kier molecular flexibility index (Phi) is 6.01. The third-order valence-electron chi connectivity index (χ3n) is 4.99. The number of carboxylic acid groups (broad SMARTS) is 1. The molecule has 0 saturated carbocycles. The van der Waals surface area contributed by atoms with Gasteiger partial charge in [-0.3, -0.25) is 9.59 Å². The highest BCUT2D eigenvalue weighted by molar-refractivity contribution is 6.33. The van der Waals surface area contributed by atoms with Crippen molar-refractivity contribution >= 4 is 29.2 Å². The van der Waals surface area contributed by atoms with Crippen molar-refractivity contribution in [1.82, 2.24) is 4.90 Å². The lowest BCUT2D eigenvalue weighted by atomic mass is 9.96. The summed E-state index contributed by atoms with van der Waals surface area (Å²) >= 11 is 6.13. The Balaban J connectivity index is 1.66. The first-order chi connectivity index (χ1) is 13.0. The van der Waals surface area contributed by atoms with Crippen LogP contribution in [0.25, 0.3) is 0 Å². The minimum absolute atomic E-state index is 0.117. The average Bonchev–Trinajstić information content (AvgIpc) is 2.68. The molecular formula is C21H23ClN2O3. The molecular weight excluding hydrogens is 364 g/mol. The average molecular weight is 387 g/mol. The molecule has 0 aliphatic carbocycles. The van der Waals surface area contributed by atoms with Gasteiger partial charge < -0.3 is 14.9 Å². The Hall–Kier alpha value is -2.53. The molecule has 1 heterocycles. The number of nitrogens with zero attached hydrogens (tertiary/aromatic N) is 2. The number of carbonyl (C=O) groups is 2. The summed E-state index contributed by atoms with van der Waals surface area (Å²) < 4.78 is 0. The topological polar surface area (TPSA) is 60.9 Å². The van der Waals surface area contributed by atoms with Gasteiger partial charge in [0.2, 0.25) is 0 Å². The summed E-state index contributed by atoms with van der Waals surface area (Å²) in [4.78, 5) is 27.6. The van der Waals surface area contributed by atoms with Crippen molar-refractivity contribution in [1.29, 1.82) is 0 Å². The Labute approximate surface area is 164 Å².